The Morgan fingerprint density at radius 1 is 1.65 bits per heavy atom. The third-order valence-corrected chi connectivity index (χ3v) is 3.02. The molecule has 1 aliphatic heterocycles. The van der Waals surface area contributed by atoms with Gasteiger partial charge in [-0.15, -0.1) is 0 Å². The molecule has 1 saturated heterocycles. The molecule has 92 valence electrons. The van der Waals surface area contributed by atoms with Crippen LogP contribution in [-0.4, -0.2) is 40.7 Å². The van der Waals surface area contributed by atoms with Gasteiger partial charge in [0, 0.05) is 12.4 Å². The number of anilines is 1. The molecule has 3 N–H and O–H groups in total. The third kappa shape index (κ3) is 2.98. The Balaban J connectivity index is 1.97. The highest BCUT2D eigenvalue weighted by atomic mass is 16.3. The van der Waals surface area contributed by atoms with Crippen LogP contribution in [0.25, 0.3) is 0 Å². The van der Waals surface area contributed by atoms with Crippen LogP contribution in [0.2, 0.25) is 0 Å². The van der Waals surface area contributed by atoms with Gasteiger partial charge in [-0.2, -0.15) is 0 Å². The summed E-state index contributed by atoms with van der Waals surface area (Å²) in [6.45, 7) is 1.54. The first kappa shape index (κ1) is 11.9. The summed E-state index contributed by atoms with van der Waals surface area (Å²) in [7, 11) is 0. The Morgan fingerprint density at radius 2 is 2.53 bits per heavy atom. The SMILES string of the molecule is O=C(Nc1cnccn1)C(CO)[C@H]1CCNC1. The molecule has 1 aromatic heterocycles. The minimum atomic E-state index is -0.382. The summed E-state index contributed by atoms with van der Waals surface area (Å²) in [6.07, 6.45) is 5.46. The van der Waals surface area contributed by atoms with Crippen LogP contribution in [0.4, 0.5) is 5.82 Å². The maximum absolute atomic E-state index is 12.0. The van der Waals surface area contributed by atoms with E-state index in [2.05, 4.69) is 20.6 Å². The summed E-state index contributed by atoms with van der Waals surface area (Å²) in [5.74, 6) is 0.0345. The van der Waals surface area contributed by atoms with Gasteiger partial charge < -0.3 is 15.7 Å². The molecule has 1 fully saturated rings. The fourth-order valence-corrected chi connectivity index (χ4v) is 2.05. The van der Waals surface area contributed by atoms with Crippen molar-refractivity contribution < 1.29 is 9.90 Å². The maximum atomic E-state index is 12.0. The lowest BCUT2D eigenvalue weighted by molar-refractivity contribution is -0.122. The molecule has 0 aliphatic carbocycles. The largest absolute Gasteiger partial charge is 0.396 e. The number of hydrogen-bond donors (Lipinski definition) is 3. The molecular weight excluding hydrogens is 220 g/mol. The average Bonchev–Trinajstić information content (AvgIpc) is 2.85. The van der Waals surface area contributed by atoms with E-state index in [0.717, 1.165) is 19.5 Å². The minimum Gasteiger partial charge on any atom is -0.396 e. The van der Waals surface area contributed by atoms with Gasteiger partial charge in [-0.05, 0) is 25.4 Å². The highest BCUT2D eigenvalue weighted by Gasteiger charge is 2.30. The molecule has 1 aliphatic rings. The van der Waals surface area contributed by atoms with Gasteiger partial charge in [0.1, 0.15) is 0 Å². The molecule has 6 nitrogen and oxygen atoms in total. The van der Waals surface area contributed by atoms with Crippen LogP contribution < -0.4 is 10.6 Å². The van der Waals surface area contributed by atoms with Crippen LogP contribution in [0.15, 0.2) is 18.6 Å². The van der Waals surface area contributed by atoms with Crippen molar-refractivity contribution >= 4 is 11.7 Å². The molecule has 1 unspecified atom stereocenters. The fourth-order valence-electron chi connectivity index (χ4n) is 2.05. The molecule has 2 atom stereocenters. The van der Waals surface area contributed by atoms with Gasteiger partial charge in [-0.3, -0.25) is 9.78 Å². The second kappa shape index (κ2) is 5.70. The molecule has 0 radical (unpaired) electrons. The van der Waals surface area contributed by atoms with Crippen molar-refractivity contribution in [3.8, 4) is 0 Å². The van der Waals surface area contributed by atoms with Crippen LogP contribution in [0.5, 0.6) is 0 Å². The normalized spacial score (nSPS) is 21.1. The molecular formula is C11H16N4O2. The number of aliphatic hydroxyl groups is 1. The lowest BCUT2D eigenvalue weighted by Crippen LogP contribution is -2.33. The second-order valence-electron chi connectivity index (χ2n) is 4.12. The number of rotatable bonds is 4. The lowest BCUT2D eigenvalue weighted by atomic mass is 9.91. The first-order chi connectivity index (χ1) is 8.31. The lowest BCUT2D eigenvalue weighted by Gasteiger charge is -2.19. The molecule has 1 aromatic rings. The van der Waals surface area contributed by atoms with Gasteiger partial charge >= 0.3 is 0 Å². The predicted octanol–water partition coefficient (Wildman–Crippen LogP) is -0.367. The Kier molecular flexibility index (Phi) is 4.00. The highest BCUT2D eigenvalue weighted by Crippen LogP contribution is 2.20. The highest BCUT2D eigenvalue weighted by molar-refractivity contribution is 5.91. The molecule has 1 amide bonds. The number of nitrogens with zero attached hydrogens (tertiary/aromatic N) is 2. The quantitative estimate of drug-likeness (QED) is 0.664. The standard InChI is InChI=1S/C11H16N4O2/c16-7-9(8-1-2-12-5-8)11(17)15-10-6-13-3-4-14-10/h3-4,6,8-9,12,16H,1-2,5,7H2,(H,14,15,17)/t8-,9?/m0/s1. The zero-order valence-electron chi connectivity index (χ0n) is 9.47. The van der Waals surface area contributed by atoms with Gasteiger partial charge in [-0.1, -0.05) is 0 Å². The number of carbonyl (C=O) groups excluding carboxylic acids is 1. The average molecular weight is 236 g/mol. The number of nitrogens with one attached hydrogen (secondary N) is 2. The van der Waals surface area contributed by atoms with Crippen LogP contribution in [-0.2, 0) is 4.79 Å². The van der Waals surface area contributed by atoms with Crippen molar-refractivity contribution in [3.63, 3.8) is 0 Å². The molecule has 6 heteroatoms. The fraction of sp³-hybridized carbons (Fsp3) is 0.545. The van der Waals surface area contributed by atoms with Crippen molar-refractivity contribution in [2.45, 2.75) is 6.42 Å². The molecule has 2 heterocycles. The Bertz CT molecular complexity index is 365. The maximum Gasteiger partial charge on any atom is 0.231 e. The van der Waals surface area contributed by atoms with Crippen molar-refractivity contribution in [2.75, 3.05) is 25.0 Å². The molecule has 17 heavy (non-hydrogen) atoms. The Hall–Kier alpha value is -1.53. The number of carbonyl (C=O) groups is 1. The van der Waals surface area contributed by atoms with Gasteiger partial charge in [0.25, 0.3) is 0 Å². The van der Waals surface area contributed by atoms with E-state index in [9.17, 15) is 9.90 Å². The van der Waals surface area contributed by atoms with Crippen molar-refractivity contribution in [1.82, 2.24) is 15.3 Å². The van der Waals surface area contributed by atoms with Crippen molar-refractivity contribution in [1.29, 1.82) is 0 Å². The van der Waals surface area contributed by atoms with Crippen LogP contribution in [0.3, 0.4) is 0 Å². The van der Waals surface area contributed by atoms with E-state index in [1.54, 1.807) is 6.20 Å². The molecule has 0 aromatic carbocycles. The summed E-state index contributed by atoms with van der Waals surface area (Å²) in [6, 6.07) is 0. The van der Waals surface area contributed by atoms with Gasteiger partial charge in [0.15, 0.2) is 5.82 Å². The van der Waals surface area contributed by atoms with E-state index in [1.807, 2.05) is 0 Å². The Labute approximate surface area is 99.5 Å². The molecule has 0 bridgehead atoms. The zero-order chi connectivity index (χ0) is 12.1. The smallest absolute Gasteiger partial charge is 0.231 e. The summed E-state index contributed by atoms with van der Waals surface area (Å²) in [5.41, 5.74) is 0. The van der Waals surface area contributed by atoms with Gasteiger partial charge in [-0.25, -0.2) is 4.98 Å². The molecule has 0 spiro atoms. The molecule has 2 rings (SSSR count). The van der Waals surface area contributed by atoms with E-state index in [-0.39, 0.29) is 24.3 Å². The van der Waals surface area contributed by atoms with E-state index >= 15 is 0 Å². The number of hydrogen-bond acceptors (Lipinski definition) is 5. The summed E-state index contributed by atoms with van der Waals surface area (Å²) in [5, 5.41) is 15.2. The van der Waals surface area contributed by atoms with Gasteiger partial charge in [0.2, 0.25) is 5.91 Å². The van der Waals surface area contributed by atoms with E-state index < -0.39 is 0 Å². The van der Waals surface area contributed by atoms with E-state index in [0.29, 0.717) is 5.82 Å². The topological polar surface area (TPSA) is 87.1 Å². The monoisotopic (exact) mass is 236 g/mol. The van der Waals surface area contributed by atoms with E-state index in [1.165, 1.54) is 12.4 Å². The first-order valence-electron chi connectivity index (χ1n) is 5.69. The van der Waals surface area contributed by atoms with Crippen LogP contribution in [0, 0.1) is 11.8 Å². The van der Waals surface area contributed by atoms with Crippen molar-refractivity contribution in [3.05, 3.63) is 18.6 Å². The third-order valence-electron chi connectivity index (χ3n) is 3.02. The van der Waals surface area contributed by atoms with Crippen LogP contribution in [0.1, 0.15) is 6.42 Å². The number of aromatic nitrogens is 2. The predicted molar refractivity (Wildman–Crippen MR) is 62.2 cm³/mol. The van der Waals surface area contributed by atoms with E-state index in [4.69, 9.17) is 0 Å². The minimum absolute atomic E-state index is 0.140. The summed E-state index contributed by atoms with van der Waals surface area (Å²) in [4.78, 5) is 19.8. The summed E-state index contributed by atoms with van der Waals surface area (Å²) < 4.78 is 0. The Morgan fingerprint density at radius 3 is 3.12 bits per heavy atom. The number of amides is 1. The second-order valence-corrected chi connectivity index (χ2v) is 4.12. The van der Waals surface area contributed by atoms with Crippen molar-refractivity contribution in [2.24, 2.45) is 11.8 Å². The molecule has 0 saturated carbocycles. The summed E-state index contributed by atoms with van der Waals surface area (Å²) >= 11 is 0. The first-order valence-corrected chi connectivity index (χ1v) is 5.69. The van der Waals surface area contributed by atoms with Crippen LogP contribution >= 0.6 is 0 Å². The van der Waals surface area contributed by atoms with Gasteiger partial charge in [0.05, 0.1) is 18.7 Å². The zero-order valence-corrected chi connectivity index (χ0v) is 9.47. The number of aliphatic hydroxyl groups excluding tert-OH is 1.